The molecule has 5 heteroatoms. The van der Waals surface area contributed by atoms with Gasteiger partial charge in [-0.15, -0.1) is 12.4 Å². The molecule has 1 amide bonds. The Morgan fingerprint density at radius 2 is 2.00 bits per heavy atom. The van der Waals surface area contributed by atoms with Crippen molar-refractivity contribution >= 4 is 30.1 Å². The van der Waals surface area contributed by atoms with Crippen molar-refractivity contribution in [2.45, 2.75) is 6.42 Å². The third-order valence-corrected chi connectivity index (χ3v) is 2.88. The Hall–Kier alpha value is 0.0700. The van der Waals surface area contributed by atoms with Gasteiger partial charge in [-0.1, -0.05) is 0 Å². The van der Waals surface area contributed by atoms with Gasteiger partial charge in [0.1, 0.15) is 0 Å². The van der Waals surface area contributed by atoms with E-state index in [2.05, 4.69) is 11.9 Å². The monoisotopic (exact) mass is 238 g/mol. The largest absolute Gasteiger partial charge is 0.341 e. The second-order valence-corrected chi connectivity index (χ2v) is 4.34. The lowest BCUT2D eigenvalue weighted by atomic mass is 10.4. The maximum absolute atomic E-state index is 11.5. The van der Waals surface area contributed by atoms with Crippen molar-refractivity contribution in [3.8, 4) is 0 Å². The lowest BCUT2D eigenvalue weighted by molar-refractivity contribution is -0.128. The normalized spacial score (nSPS) is 18.6. The molecule has 0 unspecified atom stereocenters. The maximum Gasteiger partial charge on any atom is 0.232 e. The van der Waals surface area contributed by atoms with Gasteiger partial charge < -0.3 is 9.80 Å². The van der Waals surface area contributed by atoms with Crippen LogP contribution >= 0.6 is 24.2 Å². The highest BCUT2D eigenvalue weighted by Crippen LogP contribution is 2.04. The molecular formula is C9H19ClN2OS. The number of hydrogen-bond acceptors (Lipinski definition) is 3. The van der Waals surface area contributed by atoms with E-state index in [1.54, 1.807) is 11.8 Å². The fourth-order valence-corrected chi connectivity index (χ4v) is 1.94. The number of amides is 1. The van der Waals surface area contributed by atoms with Gasteiger partial charge in [-0.25, -0.2) is 0 Å². The smallest absolute Gasteiger partial charge is 0.232 e. The van der Waals surface area contributed by atoms with Gasteiger partial charge >= 0.3 is 0 Å². The van der Waals surface area contributed by atoms with Crippen molar-refractivity contribution in [2.75, 3.05) is 45.2 Å². The molecule has 1 saturated heterocycles. The van der Waals surface area contributed by atoms with Gasteiger partial charge in [0.05, 0.1) is 5.75 Å². The molecule has 14 heavy (non-hydrogen) atoms. The molecule has 0 aromatic heterocycles. The summed E-state index contributed by atoms with van der Waals surface area (Å²) < 4.78 is 0. The first-order valence-corrected chi connectivity index (χ1v) is 6.08. The minimum Gasteiger partial charge on any atom is -0.341 e. The lowest BCUT2D eigenvalue weighted by Gasteiger charge is -2.19. The van der Waals surface area contributed by atoms with E-state index in [4.69, 9.17) is 0 Å². The van der Waals surface area contributed by atoms with Crippen molar-refractivity contribution in [3.63, 3.8) is 0 Å². The van der Waals surface area contributed by atoms with Crippen LogP contribution < -0.4 is 0 Å². The first-order valence-electron chi connectivity index (χ1n) is 4.69. The van der Waals surface area contributed by atoms with Crippen LogP contribution in [0, 0.1) is 0 Å². The van der Waals surface area contributed by atoms with Gasteiger partial charge in [-0.2, -0.15) is 11.8 Å². The third kappa shape index (κ3) is 4.53. The van der Waals surface area contributed by atoms with Crippen LogP contribution in [0.4, 0.5) is 0 Å². The summed E-state index contributed by atoms with van der Waals surface area (Å²) in [5.41, 5.74) is 0. The quantitative estimate of drug-likeness (QED) is 0.716. The number of halogens is 1. The van der Waals surface area contributed by atoms with Crippen LogP contribution in [0.25, 0.3) is 0 Å². The summed E-state index contributed by atoms with van der Waals surface area (Å²) in [5, 5.41) is 0. The topological polar surface area (TPSA) is 23.6 Å². The molecule has 0 atom stereocenters. The van der Waals surface area contributed by atoms with E-state index in [0.29, 0.717) is 11.7 Å². The van der Waals surface area contributed by atoms with Crippen LogP contribution in [0.15, 0.2) is 0 Å². The molecule has 0 bridgehead atoms. The molecular weight excluding hydrogens is 220 g/mol. The summed E-state index contributed by atoms with van der Waals surface area (Å²) in [6.07, 6.45) is 3.08. The summed E-state index contributed by atoms with van der Waals surface area (Å²) in [6.45, 7) is 3.96. The predicted molar refractivity (Wildman–Crippen MR) is 64.3 cm³/mol. The maximum atomic E-state index is 11.5. The number of carbonyl (C=O) groups is 1. The number of nitrogens with zero attached hydrogens (tertiary/aromatic N) is 2. The molecule has 1 heterocycles. The van der Waals surface area contributed by atoms with Gasteiger partial charge in [0.25, 0.3) is 0 Å². The van der Waals surface area contributed by atoms with E-state index in [1.165, 1.54) is 0 Å². The van der Waals surface area contributed by atoms with Gasteiger partial charge in [-0.05, 0) is 26.3 Å². The Kier molecular flexibility index (Phi) is 7.41. The van der Waals surface area contributed by atoms with E-state index in [-0.39, 0.29) is 12.4 Å². The average molecular weight is 239 g/mol. The standard InChI is InChI=1S/C9H18N2OS.ClH/c1-10-4-3-5-11(7-6-10)9(12)8-13-2;/h3-8H2,1-2H3;1H. The van der Waals surface area contributed by atoms with Crippen LogP contribution in [0.2, 0.25) is 0 Å². The summed E-state index contributed by atoms with van der Waals surface area (Å²) in [6, 6.07) is 0. The molecule has 0 aromatic rings. The molecule has 1 rings (SSSR count). The van der Waals surface area contributed by atoms with Crippen LogP contribution in [-0.4, -0.2) is 60.9 Å². The molecule has 3 nitrogen and oxygen atoms in total. The minimum atomic E-state index is 0. The van der Waals surface area contributed by atoms with Crippen molar-refractivity contribution in [1.29, 1.82) is 0 Å². The number of likely N-dealkylation sites (N-methyl/N-ethyl adjacent to an activating group) is 1. The molecule has 84 valence electrons. The number of rotatable bonds is 2. The second-order valence-electron chi connectivity index (χ2n) is 3.47. The summed E-state index contributed by atoms with van der Waals surface area (Å²) in [7, 11) is 2.11. The Morgan fingerprint density at radius 3 is 2.64 bits per heavy atom. The molecule has 1 aliphatic heterocycles. The van der Waals surface area contributed by atoms with Crippen LogP contribution in [0.5, 0.6) is 0 Å². The summed E-state index contributed by atoms with van der Waals surface area (Å²) in [4.78, 5) is 15.8. The van der Waals surface area contributed by atoms with Gasteiger partial charge in [0.15, 0.2) is 0 Å². The molecule has 0 radical (unpaired) electrons. The van der Waals surface area contributed by atoms with E-state index < -0.39 is 0 Å². The van der Waals surface area contributed by atoms with Crippen LogP contribution in [0.3, 0.4) is 0 Å². The number of carbonyl (C=O) groups excluding carboxylic acids is 1. The Bertz CT molecular complexity index is 180. The predicted octanol–water partition coefficient (Wildman–Crippen LogP) is 0.935. The third-order valence-electron chi connectivity index (χ3n) is 2.34. The highest BCUT2D eigenvalue weighted by Gasteiger charge is 2.16. The first kappa shape index (κ1) is 14.1. The lowest BCUT2D eigenvalue weighted by Crippen LogP contribution is -2.35. The van der Waals surface area contributed by atoms with Gasteiger partial charge in [-0.3, -0.25) is 4.79 Å². The van der Waals surface area contributed by atoms with E-state index in [0.717, 1.165) is 32.6 Å². The van der Waals surface area contributed by atoms with Crippen LogP contribution in [-0.2, 0) is 4.79 Å². The zero-order valence-electron chi connectivity index (χ0n) is 8.86. The van der Waals surface area contributed by atoms with Crippen molar-refractivity contribution < 1.29 is 4.79 Å². The Labute approximate surface area is 96.6 Å². The Balaban J connectivity index is 0.00000169. The molecule has 0 N–H and O–H groups in total. The van der Waals surface area contributed by atoms with E-state index in [1.807, 2.05) is 11.2 Å². The highest BCUT2D eigenvalue weighted by atomic mass is 35.5. The second kappa shape index (κ2) is 7.37. The molecule has 0 aliphatic carbocycles. The van der Waals surface area contributed by atoms with E-state index in [9.17, 15) is 4.79 Å². The number of thioether (sulfide) groups is 1. The van der Waals surface area contributed by atoms with Gasteiger partial charge in [0, 0.05) is 19.6 Å². The SMILES string of the molecule is CSCC(=O)N1CCCN(C)CC1.Cl. The van der Waals surface area contributed by atoms with Crippen molar-refractivity contribution in [2.24, 2.45) is 0 Å². The van der Waals surface area contributed by atoms with Crippen molar-refractivity contribution in [1.82, 2.24) is 9.80 Å². The fourth-order valence-electron chi connectivity index (χ4n) is 1.51. The highest BCUT2D eigenvalue weighted by molar-refractivity contribution is 7.99. The molecule has 1 aliphatic rings. The molecule has 0 saturated carbocycles. The molecule has 0 spiro atoms. The minimum absolute atomic E-state index is 0. The first-order chi connectivity index (χ1) is 6.24. The zero-order chi connectivity index (χ0) is 9.68. The molecule has 1 fully saturated rings. The van der Waals surface area contributed by atoms with E-state index >= 15 is 0 Å². The van der Waals surface area contributed by atoms with Gasteiger partial charge in [0.2, 0.25) is 5.91 Å². The Morgan fingerprint density at radius 1 is 1.29 bits per heavy atom. The summed E-state index contributed by atoms with van der Waals surface area (Å²) in [5.74, 6) is 0.923. The zero-order valence-corrected chi connectivity index (χ0v) is 10.5. The van der Waals surface area contributed by atoms with Crippen molar-refractivity contribution in [3.05, 3.63) is 0 Å². The molecule has 0 aromatic carbocycles. The van der Waals surface area contributed by atoms with Crippen LogP contribution in [0.1, 0.15) is 6.42 Å². The average Bonchev–Trinajstić information content (AvgIpc) is 2.30. The number of hydrogen-bond donors (Lipinski definition) is 0. The summed E-state index contributed by atoms with van der Waals surface area (Å²) >= 11 is 1.61. The fraction of sp³-hybridized carbons (Fsp3) is 0.889.